The van der Waals surface area contributed by atoms with E-state index in [1.54, 1.807) is 11.8 Å². The van der Waals surface area contributed by atoms with E-state index in [1.165, 1.54) is 15.8 Å². The normalized spacial score (nSPS) is 23.9. The number of benzene rings is 1. The smallest absolute Gasteiger partial charge is 0.220 e. The minimum Gasteiger partial charge on any atom is -0.355 e. The van der Waals surface area contributed by atoms with Crippen LogP contribution < -0.4 is 10.2 Å². The third kappa shape index (κ3) is 2.67. The molecule has 1 N–H and O–H groups in total. The van der Waals surface area contributed by atoms with E-state index in [4.69, 9.17) is 4.98 Å². The summed E-state index contributed by atoms with van der Waals surface area (Å²) in [6.07, 6.45) is 3.85. The van der Waals surface area contributed by atoms with Crippen molar-refractivity contribution in [1.82, 2.24) is 10.3 Å². The Balaban J connectivity index is 1.67. The van der Waals surface area contributed by atoms with Crippen LogP contribution in [0.4, 0.5) is 5.82 Å². The zero-order chi connectivity index (χ0) is 16.0. The number of nitrogens with zero attached hydrogens (tertiary/aromatic N) is 2. The van der Waals surface area contributed by atoms with Gasteiger partial charge in [-0.2, -0.15) is 0 Å². The van der Waals surface area contributed by atoms with Crippen molar-refractivity contribution in [2.24, 2.45) is 5.92 Å². The summed E-state index contributed by atoms with van der Waals surface area (Å²) in [6, 6.07) is 8.95. The van der Waals surface area contributed by atoms with Gasteiger partial charge in [0, 0.05) is 35.8 Å². The molecule has 120 valence electrons. The van der Waals surface area contributed by atoms with Crippen molar-refractivity contribution < 1.29 is 4.79 Å². The number of nitrogens with one attached hydrogen (secondary N) is 1. The number of aryl methyl sites for hydroxylation is 1. The van der Waals surface area contributed by atoms with Gasteiger partial charge in [-0.3, -0.25) is 4.79 Å². The molecule has 0 aliphatic carbocycles. The van der Waals surface area contributed by atoms with E-state index < -0.39 is 0 Å². The standard InChI is InChI=1S/C18H21N3OS/c1-11-7-17(19-15-9-13(23-2)3-4-14(11)15)21-6-5-12-8-18(22)20-16(12)10-21/h3-4,7,9,12,16H,5-6,8,10H2,1-2H3,(H,20,22)/t12-,16-/m1/s1. The van der Waals surface area contributed by atoms with Crippen molar-refractivity contribution in [3.63, 3.8) is 0 Å². The number of aromatic nitrogens is 1. The maximum Gasteiger partial charge on any atom is 0.220 e. The minimum absolute atomic E-state index is 0.203. The molecule has 1 amide bonds. The molecule has 0 spiro atoms. The summed E-state index contributed by atoms with van der Waals surface area (Å²) in [6.45, 7) is 4.00. The quantitative estimate of drug-likeness (QED) is 0.862. The summed E-state index contributed by atoms with van der Waals surface area (Å²) in [4.78, 5) is 20.1. The molecule has 0 saturated carbocycles. The zero-order valence-electron chi connectivity index (χ0n) is 13.5. The lowest BCUT2D eigenvalue weighted by Crippen LogP contribution is -2.47. The number of anilines is 1. The largest absolute Gasteiger partial charge is 0.355 e. The molecular weight excluding hydrogens is 306 g/mol. The zero-order valence-corrected chi connectivity index (χ0v) is 14.3. The van der Waals surface area contributed by atoms with Crippen LogP contribution in [0.3, 0.4) is 0 Å². The highest BCUT2D eigenvalue weighted by Crippen LogP contribution is 2.31. The summed E-state index contributed by atoms with van der Waals surface area (Å²) in [7, 11) is 0. The molecule has 2 aliphatic heterocycles. The van der Waals surface area contributed by atoms with Gasteiger partial charge in [0.15, 0.2) is 0 Å². The predicted octanol–water partition coefficient (Wildman–Crippen LogP) is 2.98. The molecule has 0 radical (unpaired) electrons. The number of hydrogen-bond acceptors (Lipinski definition) is 4. The Morgan fingerprint density at radius 1 is 1.35 bits per heavy atom. The van der Waals surface area contributed by atoms with Gasteiger partial charge >= 0.3 is 0 Å². The highest BCUT2D eigenvalue weighted by atomic mass is 32.2. The molecule has 2 aliphatic rings. The summed E-state index contributed by atoms with van der Waals surface area (Å²) in [5.41, 5.74) is 2.32. The maximum atomic E-state index is 11.6. The Morgan fingerprint density at radius 3 is 3.04 bits per heavy atom. The number of rotatable bonds is 2. The average molecular weight is 327 g/mol. The van der Waals surface area contributed by atoms with E-state index in [9.17, 15) is 4.79 Å². The molecule has 4 rings (SSSR count). The van der Waals surface area contributed by atoms with Gasteiger partial charge in [0.2, 0.25) is 5.91 Å². The van der Waals surface area contributed by atoms with Crippen molar-refractivity contribution in [3.05, 3.63) is 29.8 Å². The van der Waals surface area contributed by atoms with Crippen molar-refractivity contribution >= 4 is 34.4 Å². The van der Waals surface area contributed by atoms with E-state index >= 15 is 0 Å². The Kier molecular flexibility index (Phi) is 3.68. The molecule has 0 unspecified atom stereocenters. The Hall–Kier alpha value is -1.75. The lowest BCUT2D eigenvalue weighted by molar-refractivity contribution is -0.119. The van der Waals surface area contributed by atoms with Crippen LogP contribution in [0.25, 0.3) is 10.9 Å². The summed E-state index contributed by atoms with van der Waals surface area (Å²) in [5, 5.41) is 4.33. The van der Waals surface area contributed by atoms with E-state index in [1.807, 2.05) is 0 Å². The van der Waals surface area contributed by atoms with Crippen LogP contribution in [-0.2, 0) is 4.79 Å². The Bertz CT molecular complexity index is 776. The first kappa shape index (κ1) is 14.8. The molecule has 4 nitrogen and oxygen atoms in total. The lowest BCUT2D eigenvalue weighted by Gasteiger charge is -2.35. The van der Waals surface area contributed by atoms with Gasteiger partial charge in [-0.25, -0.2) is 4.98 Å². The number of fused-ring (bicyclic) bond motifs is 2. The van der Waals surface area contributed by atoms with Crippen LogP contribution in [0, 0.1) is 12.8 Å². The third-order valence-corrected chi connectivity index (χ3v) is 5.81. The number of piperidine rings is 1. The van der Waals surface area contributed by atoms with Gasteiger partial charge in [-0.1, -0.05) is 6.07 Å². The topological polar surface area (TPSA) is 45.2 Å². The van der Waals surface area contributed by atoms with Crippen LogP contribution in [0.5, 0.6) is 0 Å². The maximum absolute atomic E-state index is 11.6. The van der Waals surface area contributed by atoms with Gasteiger partial charge in [-0.15, -0.1) is 11.8 Å². The third-order valence-electron chi connectivity index (χ3n) is 5.08. The Morgan fingerprint density at radius 2 is 2.22 bits per heavy atom. The number of carbonyl (C=O) groups is 1. The molecule has 1 aromatic carbocycles. The second-order valence-electron chi connectivity index (χ2n) is 6.55. The molecule has 1 aromatic heterocycles. The highest BCUT2D eigenvalue weighted by Gasteiger charge is 2.37. The monoisotopic (exact) mass is 327 g/mol. The van der Waals surface area contributed by atoms with E-state index in [2.05, 4.69) is 47.7 Å². The lowest BCUT2D eigenvalue weighted by atomic mass is 9.92. The molecule has 2 saturated heterocycles. The molecule has 0 bridgehead atoms. The van der Waals surface area contributed by atoms with E-state index in [0.29, 0.717) is 12.3 Å². The molecule has 23 heavy (non-hydrogen) atoms. The first-order valence-corrected chi connectivity index (χ1v) is 9.36. The second-order valence-corrected chi connectivity index (χ2v) is 7.43. The summed E-state index contributed by atoms with van der Waals surface area (Å²) < 4.78 is 0. The highest BCUT2D eigenvalue weighted by molar-refractivity contribution is 7.98. The van der Waals surface area contributed by atoms with Crippen molar-refractivity contribution in [1.29, 1.82) is 0 Å². The van der Waals surface area contributed by atoms with E-state index in [0.717, 1.165) is 30.8 Å². The minimum atomic E-state index is 0.203. The second kappa shape index (κ2) is 5.71. The van der Waals surface area contributed by atoms with Crippen LogP contribution >= 0.6 is 11.8 Å². The van der Waals surface area contributed by atoms with Crippen LogP contribution in [0.2, 0.25) is 0 Å². The molecule has 2 fully saturated rings. The number of pyridine rings is 1. The molecular formula is C18H21N3OS. The first-order valence-electron chi connectivity index (χ1n) is 8.14. The first-order chi connectivity index (χ1) is 11.1. The molecule has 5 heteroatoms. The van der Waals surface area contributed by atoms with Gasteiger partial charge in [-0.05, 0) is 49.3 Å². The number of thioether (sulfide) groups is 1. The Labute approximate surface area is 140 Å². The van der Waals surface area contributed by atoms with Gasteiger partial charge < -0.3 is 10.2 Å². The number of amides is 1. The van der Waals surface area contributed by atoms with E-state index in [-0.39, 0.29) is 11.9 Å². The average Bonchev–Trinajstić information content (AvgIpc) is 2.93. The van der Waals surface area contributed by atoms with Gasteiger partial charge in [0.25, 0.3) is 0 Å². The van der Waals surface area contributed by atoms with Gasteiger partial charge in [0.05, 0.1) is 5.52 Å². The molecule has 2 aromatic rings. The SMILES string of the molecule is CSc1ccc2c(C)cc(N3CC[C@@H]4CC(=O)N[C@@H]4C3)nc2c1. The van der Waals surface area contributed by atoms with Crippen molar-refractivity contribution in [3.8, 4) is 0 Å². The van der Waals surface area contributed by atoms with Crippen LogP contribution in [0.15, 0.2) is 29.2 Å². The van der Waals surface area contributed by atoms with Gasteiger partial charge in [0.1, 0.15) is 5.82 Å². The fourth-order valence-electron chi connectivity index (χ4n) is 3.77. The predicted molar refractivity (Wildman–Crippen MR) is 95.1 cm³/mol. The van der Waals surface area contributed by atoms with Crippen LogP contribution in [-0.4, -0.2) is 36.3 Å². The summed E-state index contributed by atoms with van der Waals surface area (Å²) in [5.74, 6) is 1.74. The van der Waals surface area contributed by atoms with Crippen molar-refractivity contribution in [2.75, 3.05) is 24.2 Å². The number of hydrogen-bond donors (Lipinski definition) is 1. The summed E-state index contributed by atoms with van der Waals surface area (Å²) >= 11 is 1.74. The van der Waals surface area contributed by atoms with Crippen molar-refractivity contribution in [2.45, 2.75) is 30.7 Å². The fraction of sp³-hybridized carbons (Fsp3) is 0.444. The fourth-order valence-corrected chi connectivity index (χ4v) is 4.21. The van der Waals surface area contributed by atoms with Crippen LogP contribution in [0.1, 0.15) is 18.4 Å². The molecule has 3 heterocycles. The number of carbonyl (C=O) groups excluding carboxylic acids is 1. The molecule has 2 atom stereocenters.